The van der Waals surface area contributed by atoms with E-state index in [0.29, 0.717) is 19.4 Å². The van der Waals surface area contributed by atoms with E-state index in [4.69, 9.17) is 4.42 Å². The molecule has 4 heteroatoms. The molecule has 0 aliphatic carbocycles. The zero-order valence-electron chi connectivity index (χ0n) is 11.6. The Morgan fingerprint density at radius 2 is 2.06 bits per heavy atom. The van der Waals surface area contributed by atoms with Crippen LogP contribution in [0.1, 0.15) is 38.7 Å². The van der Waals surface area contributed by atoms with Crippen molar-refractivity contribution < 1.29 is 14.3 Å². The zero-order valence-corrected chi connectivity index (χ0v) is 11.6. The summed E-state index contributed by atoms with van der Waals surface area (Å²) in [4.78, 5) is 13.8. The first-order chi connectivity index (χ1) is 8.40. The zero-order chi connectivity index (χ0) is 13.7. The van der Waals surface area contributed by atoms with E-state index in [2.05, 4.69) is 0 Å². The SMILES string of the molecule is Cc1ccc(CCC(=O)N(CC(C)O)C(C)C)o1. The van der Waals surface area contributed by atoms with Crippen LogP contribution in [0.3, 0.4) is 0 Å². The topological polar surface area (TPSA) is 53.7 Å². The van der Waals surface area contributed by atoms with Crippen LogP contribution in [-0.2, 0) is 11.2 Å². The molecular weight excluding hydrogens is 230 g/mol. The van der Waals surface area contributed by atoms with Crippen LogP contribution >= 0.6 is 0 Å². The van der Waals surface area contributed by atoms with Gasteiger partial charge in [-0.15, -0.1) is 0 Å². The minimum Gasteiger partial charge on any atom is -0.466 e. The van der Waals surface area contributed by atoms with Gasteiger partial charge in [0.05, 0.1) is 6.10 Å². The third-order valence-corrected chi connectivity index (χ3v) is 2.79. The van der Waals surface area contributed by atoms with Gasteiger partial charge >= 0.3 is 0 Å². The number of aliphatic hydroxyl groups is 1. The number of aryl methyl sites for hydroxylation is 2. The van der Waals surface area contributed by atoms with E-state index < -0.39 is 6.10 Å². The Kier molecular flexibility index (Phi) is 5.41. The van der Waals surface area contributed by atoms with E-state index in [1.807, 2.05) is 32.9 Å². The molecule has 0 fully saturated rings. The molecule has 1 atom stereocenters. The summed E-state index contributed by atoms with van der Waals surface area (Å²) in [5, 5.41) is 9.40. The second-order valence-electron chi connectivity index (χ2n) is 5.00. The van der Waals surface area contributed by atoms with E-state index in [0.717, 1.165) is 11.5 Å². The van der Waals surface area contributed by atoms with Crippen molar-refractivity contribution in [3.8, 4) is 0 Å². The average Bonchev–Trinajstić information content (AvgIpc) is 2.68. The number of furan rings is 1. The van der Waals surface area contributed by atoms with E-state index in [9.17, 15) is 9.90 Å². The molecule has 1 aromatic heterocycles. The molecule has 102 valence electrons. The summed E-state index contributed by atoms with van der Waals surface area (Å²) in [7, 11) is 0. The van der Waals surface area contributed by atoms with Crippen LogP contribution in [0.2, 0.25) is 0 Å². The molecule has 1 rings (SSSR count). The largest absolute Gasteiger partial charge is 0.466 e. The highest BCUT2D eigenvalue weighted by Gasteiger charge is 2.18. The van der Waals surface area contributed by atoms with Gasteiger partial charge in [0.15, 0.2) is 0 Å². The lowest BCUT2D eigenvalue weighted by Gasteiger charge is -2.28. The van der Waals surface area contributed by atoms with E-state index in [-0.39, 0.29) is 11.9 Å². The van der Waals surface area contributed by atoms with Gasteiger partial charge in [0.25, 0.3) is 0 Å². The van der Waals surface area contributed by atoms with Gasteiger partial charge in [0.2, 0.25) is 5.91 Å². The van der Waals surface area contributed by atoms with Crippen LogP contribution in [-0.4, -0.2) is 34.6 Å². The number of hydrogen-bond donors (Lipinski definition) is 1. The standard InChI is InChI=1S/C14H23NO3/c1-10(2)15(9-11(3)16)14(17)8-7-13-6-5-12(4)18-13/h5-6,10-11,16H,7-9H2,1-4H3. The molecule has 1 amide bonds. The summed E-state index contributed by atoms with van der Waals surface area (Å²) < 4.78 is 5.44. The minimum atomic E-state index is -0.498. The summed E-state index contributed by atoms with van der Waals surface area (Å²) in [6, 6.07) is 3.90. The van der Waals surface area contributed by atoms with Gasteiger partial charge < -0.3 is 14.4 Å². The molecule has 18 heavy (non-hydrogen) atoms. The van der Waals surface area contributed by atoms with Gasteiger partial charge in [0, 0.05) is 25.4 Å². The van der Waals surface area contributed by atoms with Gasteiger partial charge in [-0.1, -0.05) is 0 Å². The summed E-state index contributed by atoms with van der Waals surface area (Å²) in [6.07, 6.45) is 0.523. The summed E-state index contributed by atoms with van der Waals surface area (Å²) >= 11 is 0. The molecule has 1 N–H and O–H groups in total. The fourth-order valence-corrected chi connectivity index (χ4v) is 1.88. The highest BCUT2D eigenvalue weighted by atomic mass is 16.3. The maximum atomic E-state index is 12.1. The molecule has 0 aliphatic heterocycles. The molecule has 0 spiro atoms. The highest BCUT2D eigenvalue weighted by molar-refractivity contribution is 5.76. The van der Waals surface area contributed by atoms with Crippen LogP contribution in [0.4, 0.5) is 0 Å². The minimum absolute atomic E-state index is 0.0555. The molecule has 0 aromatic carbocycles. The molecule has 4 nitrogen and oxygen atoms in total. The highest BCUT2D eigenvalue weighted by Crippen LogP contribution is 2.11. The van der Waals surface area contributed by atoms with E-state index >= 15 is 0 Å². The number of nitrogens with zero attached hydrogens (tertiary/aromatic N) is 1. The van der Waals surface area contributed by atoms with Crippen LogP contribution in [0.25, 0.3) is 0 Å². The Balaban J connectivity index is 2.51. The van der Waals surface area contributed by atoms with Crippen molar-refractivity contribution in [2.24, 2.45) is 0 Å². The fraction of sp³-hybridized carbons (Fsp3) is 0.643. The lowest BCUT2D eigenvalue weighted by atomic mass is 10.2. The molecule has 1 unspecified atom stereocenters. The van der Waals surface area contributed by atoms with Crippen molar-refractivity contribution in [2.75, 3.05) is 6.54 Å². The molecule has 1 heterocycles. The number of carbonyl (C=O) groups excluding carboxylic acids is 1. The second-order valence-corrected chi connectivity index (χ2v) is 5.00. The van der Waals surface area contributed by atoms with E-state index in [1.165, 1.54) is 0 Å². The molecule has 0 bridgehead atoms. The third kappa shape index (κ3) is 4.53. The summed E-state index contributed by atoms with van der Waals surface area (Å²) in [6.45, 7) is 7.88. The number of rotatable bonds is 6. The quantitative estimate of drug-likeness (QED) is 0.845. The van der Waals surface area contributed by atoms with Gasteiger partial charge in [-0.25, -0.2) is 0 Å². The van der Waals surface area contributed by atoms with Crippen molar-refractivity contribution in [2.45, 2.75) is 52.7 Å². The Labute approximate surface area is 109 Å². The summed E-state index contributed by atoms with van der Waals surface area (Å²) in [5.74, 6) is 1.75. The summed E-state index contributed by atoms with van der Waals surface area (Å²) in [5.41, 5.74) is 0. The van der Waals surface area contributed by atoms with Crippen molar-refractivity contribution >= 4 is 5.91 Å². The molecule has 1 aromatic rings. The predicted octanol–water partition coefficient (Wildman–Crippen LogP) is 2.14. The van der Waals surface area contributed by atoms with Gasteiger partial charge in [-0.3, -0.25) is 4.79 Å². The van der Waals surface area contributed by atoms with E-state index in [1.54, 1.807) is 11.8 Å². The smallest absolute Gasteiger partial charge is 0.223 e. The van der Waals surface area contributed by atoms with Crippen LogP contribution in [0.15, 0.2) is 16.5 Å². The monoisotopic (exact) mass is 253 g/mol. The lowest BCUT2D eigenvalue weighted by Crippen LogP contribution is -2.41. The van der Waals surface area contributed by atoms with Crippen molar-refractivity contribution in [1.29, 1.82) is 0 Å². The Morgan fingerprint density at radius 3 is 2.50 bits per heavy atom. The van der Waals surface area contributed by atoms with Crippen molar-refractivity contribution in [1.82, 2.24) is 4.90 Å². The van der Waals surface area contributed by atoms with Crippen LogP contribution < -0.4 is 0 Å². The maximum Gasteiger partial charge on any atom is 0.223 e. The maximum absolute atomic E-state index is 12.1. The molecule has 0 saturated heterocycles. The van der Waals surface area contributed by atoms with Gasteiger partial charge in [-0.2, -0.15) is 0 Å². The van der Waals surface area contributed by atoms with Crippen molar-refractivity contribution in [3.63, 3.8) is 0 Å². The Morgan fingerprint density at radius 1 is 1.39 bits per heavy atom. The lowest BCUT2D eigenvalue weighted by molar-refractivity contribution is -0.134. The molecule has 0 saturated carbocycles. The first kappa shape index (κ1) is 14.8. The van der Waals surface area contributed by atoms with Crippen LogP contribution in [0, 0.1) is 6.92 Å². The third-order valence-electron chi connectivity index (χ3n) is 2.79. The Bertz CT molecular complexity index is 382. The molecular formula is C14H23NO3. The number of amides is 1. The second kappa shape index (κ2) is 6.59. The predicted molar refractivity (Wildman–Crippen MR) is 70.3 cm³/mol. The Hall–Kier alpha value is -1.29. The number of hydrogen-bond acceptors (Lipinski definition) is 3. The number of aliphatic hydroxyl groups excluding tert-OH is 1. The first-order valence-corrected chi connectivity index (χ1v) is 6.43. The van der Waals surface area contributed by atoms with Gasteiger partial charge in [-0.05, 0) is 39.8 Å². The molecule has 0 aliphatic rings. The average molecular weight is 253 g/mol. The molecule has 0 radical (unpaired) electrons. The fourth-order valence-electron chi connectivity index (χ4n) is 1.88. The van der Waals surface area contributed by atoms with Crippen molar-refractivity contribution in [3.05, 3.63) is 23.7 Å². The normalized spacial score (nSPS) is 12.8. The first-order valence-electron chi connectivity index (χ1n) is 6.43. The number of carbonyl (C=O) groups is 1. The van der Waals surface area contributed by atoms with Gasteiger partial charge in [0.1, 0.15) is 11.5 Å². The van der Waals surface area contributed by atoms with Crippen LogP contribution in [0.5, 0.6) is 0 Å².